The third-order valence-electron chi connectivity index (χ3n) is 3.71. The van der Waals surface area contributed by atoms with Crippen LogP contribution in [0.2, 0.25) is 0 Å². The normalized spacial score (nSPS) is 14.4. The average Bonchev–Trinajstić information content (AvgIpc) is 2.54. The lowest BCUT2D eigenvalue weighted by Gasteiger charge is -2.26. The van der Waals surface area contributed by atoms with E-state index in [1.807, 2.05) is 31.2 Å². The number of benzene rings is 2. The average molecular weight is 344 g/mol. The second kappa shape index (κ2) is 6.98. The van der Waals surface area contributed by atoms with E-state index in [4.69, 9.17) is 5.73 Å². The summed E-state index contributed by atoms with van der Waals surface area (Å²) in [5.74, 6) is -0.777. The molecular weight excluding hydrogens is 324 g/mol. The van der Waals surface area contributed by atoms with Crippen LogP contribution in [0.3, 0.4) is 0 Å². The van der Waals surface area contributed by atoms with Gasteiger partial charge in [-0.3, -0.25) is 4.79 Å². The molecule has 5 nitrogen and oxygen atoms in total. The summed E-state index contributed by atoms with van der Waals surface area (Å²) in [4.78, 5) is 11.9. The van der Waals surface area contributed by atoms with Gasteiger partial charge in [-0.25, -0.2) is 8.42 Å². The number of amides is 1. The van der Waals surface area contributed by atoms with E-state index < -0.39 is 21.5 Å². The third-order valence-corrected chi connectivity index (χ3v) is 4.89. The summed E-state index contributed by atoms with van der Waals surface area (Å²) in [6, 6.07) is 15.9. The molecule has 1 amide bonds. The number of carbonyl (C=O) groups is 1. The Labute approximate surface area is 142 Å². The van der Waals surface area contributed by atoms with Crippen molar-refractivity contribution < 1.29 is 13.2 Å². The molecule has 0 aromatic heterocycles. The van der Waals surface area contributed by atoms with Crippen molar-refractivity contribution in [3.63, 3.8) is 0 Å². The molecule has 126 valence electrons. The lowest BCUT2D eigenvalue weighted by molar-refractivity contribution is -0.123. The molecule has 0 heterocycles. The summed E-state index contributed by atoms with van der Waals surface area (Å²) in [5.41, 5.74) is 6.21. The minimum absolute atomic E-state index is 0.477. The summed E-state index contributed by atoms with van der Waals surface area (Å²) >= 11 is 0. The first-order valence-electron chi connectivity index (χ1n) is 7.37. The Morgan fingerprint density at radius 3 is 2.21 bits per heavy atom. The fourth-order valence-corrected chi connectivity index (χ4v) is 3.38. The summed E-state index contributed by atoms with van der Waals surface area (Å²) in [6.45, 7) is 3.39. The first-order valence-corrected chi connectivity index (χ1v) is 8.92. The minimum atomic E-state index is -3.87. The maximum Gasteiger partial charge on any atom is 0.243 e. The van der Waals surface area contributed by atoms with E-state index in [-0.39, 0.29) is 0 Å². The Kier molecular flexibility index (Phi) is 5.21. The highest BCUT2D eigenvalue weighted by Gasteiger charge is 2.36. The summed E-state index contributed by atoms with van der Waals surface area (Å²) < 4.78 is 27.1. The summed E-state index contributed by atoms with van der Waals surface area (Å²) in [7, 11) is -3.87. The number of carbonyl (C=O) groups excluding carboxylic acids is 1. The van der Waals surface area contributed by atoms with Crippen LogP contribution in [0, 0.1) is 6.92 Å². The number of sulfonamides is 1. The Morgan fingerprint density at radius 1 is 1.08 bits per heavy atom. The van der Waals surface area contributed by atoms with E-state index >= 15 is 0 Å². The molecule has 2 aromatic rings. The first kappa shape index (κ1) is 17.9. The van der Waals surface area contributed by atoms with Gasteiger partial charge in [-0.05, 0) is 31.1 Å². The van der Waals surface area contributed by atoms with E-state index in [2.05, 4.69) is 4.72 Å². The number of nitrogens with two attached hydrogens (primary N) is 1. The number of aryl methyl sites for hydroxylation is 1. The van der Waals surface area contributed by atoms with Crippen LogP contribution in [0.5, 0.6) is 0 Å². The second-order valence-electron chi connectivity index (χ2n) is 5.72. The molecule has 24 heavy (non-hydrogen) atoms. The SMILES string of the molecule is Cc1ccc(/C=C\S(=O)(=O)N[C@@](C)(C(N)=O)c2ccccc2)cc1. The van der Waals surface area contributed by atoms with E-state index in [1.165, 1.54) is 13.0 Å². The maximum absolute atomic E-state index is 12.4. The molecule has 6 heteroatoms. The molecule has 0 saturated heterocycles. The van der Waals surface area contributed by atoms with Gasteiger partial charge >= 0.3 is 0 Å². The van der Waals surface area contributed by atoms with Gasteiger partial charge < -0.3 is 5.73 Å². The zero-order valence-electron chi connectivity index (χ0n) is 13.6. The zero-order valence-corrected chi connectivity index (χ0v) is 14.4. The van der Waals surface area contributed by atoms with Crippen LogP contribution in [0.15, 0.2) is 60.0 Å². The van der Waals surface area contributed by atoms with Gasteiger partial charge in [0, 0.05) is 5.41 Å². The van der Waals surface area contributed by atoms with Crippen LogP contribution in [0.4, 0.5) is 0 Å². The van der Waals surface area contributed by atoms with Gasteiger partial charge in [-0.2, -0.15) is 4.72 Å². The molecule has 0 aliphatic heterocycles. The van der Waals surface area contributed by atoms with E-state index in [9.17, 15) is 13.2 Å². The lowest BCUT2D eigenvalue weighted by atomic mass is 9.93. The molecular formula is C18H20N2O3S. The van der Waals surface area contributed by atoms with Crippen molar-refractivity contribution in [2.45, 2.75) is 19.4 Å². The molecule has 0 unspecified atom stereocenters. The minimum Gasteiger partial charge on any atom is -0.368 e. The largest absolute Gasteiger partial charge is 0.368 e. The monoisotopic (exact) mass is 344 g/mol. The van der Waals surface area contributed by atoms with Crippen LogP contribution >= 0.6 is 0 Å². The quantitative estimate of drug-likeness (QED) is 0.842. The Morgan fingerprint density at radius 2 is 1.67 bits per heavy atom. The Bertz CT molecular complexity index is 844. The van der Waals surface area contributed by atoms with Crippen molar-refractivity contribution >= 4 is 22.0 Å². The predicted molar refractivity (Wildman–Crippen MR) is 95.3 cm³/mol. The molecule has 2 aromatic carbocycles. The van der Waals surface area contributed by atoms with Crippen LogP contribution in [-0.4, -0.2) is 14.3 Å². The van der Waals surface area contributed by atoms with Gasteiger partial charge in [-0.15, -0.1) is 0 Å². The van der Waals surface area contributed by atoms with Crippen molar-refractivity contribution in [1.82, 2.24) is 4.72 Å². The summed E-state index contributed by atoms with van der Waals surface area (Å²) in [5, 5.41) is 1.03. The van der Waals surface area contributed by atoms with Crippen LogP contribution in [0.25, 0.3) is 6.08 Å². The lowest BCUT2D eigenvalue weighted by Crippen LogP contribution is -2.52. The molecule has 1 atom stereocenters. The van der Waals surface area contributed by atoms with Gasteiger partial charge in [0.05, 0.1) is 0 Å². The molecule has 0 aliphatic rings. The topological polar surface area (TPSA) is 89.3 Å². The smallest absolute Gasteiger partial charge is 0.243 e. The molecule has 0 radical (unpaired) electrons. The van der Waals surface area contributed by atoms with Gasteiger partial charge in [0.15, 0.2) is 0 Å². The van der Waals surface area contributed by atoms with Crippen LogP contribution in [0.1, 0.15) is 23.6 Å². The molecule has 0 aliphatic carbocycles. The standard InChI is InChI=1S/C18H20N2O3S/c1-14-8-10-15(11-9-14)12-13-24(22,23)20-18(2,17(19)21)16-6-4-3-5-7-16/h3-13,20H,1-2H3,(H2,19,21)/b13-12-/t18-/m1/s1. The molecule has 3 N–H and O–H groups in total. The molecule has 0 spiro atoms. The zero-order chi connectivity index (χ0) is 17.8. The maximum atomic E-state index is 12.4. The number of primary amides is 1. The molecule has 2 rings (SSSR count). The van der Waals surface area contributed by atoms with Crippen molar-refractivity contribution in [3.8, 4) is 0 Å². The summed E-state index contributed by atoms with van der Waals surface area (Å²) in [6.07, 6.45) is 1.47. The third kappa shape index (κ3) is 4.31. The number of nitrogens with one attached hydrogen (secondary N) is 1. The molecule has 0 fully saturated rings. The Balaban J connectivity index is 2.28. The Hall–Kier alpha value is -2.44. The van der Waals surface area contributed by atoms with Crippen molar-refractivity contribution in [2.75, 3.05) is 0 Å². The highest BCUT2D eigenvalue weighted by molar-refractivity contribution is 7.92. The number of rotatable bonds is 6. The number of hydrogen-bond donors (Lipinski definition) is 2. The highest BCUT2D eigenvalue weighted by Crippen LogP contribution is 2.21. The van der Waals surface area contributed by atoms with Gasteiger partial charge in [-0.1, -0.05) is 60.2 Å². The van der Waals surface area contributed by atoms with Crippen LogP contribution < -0.4 is 10.5 Å². The van der Waals surface area contributed by atoms with E-state index in [1.54, 1.807) is 30.3 Å². The van der Waals surface area contributed by atoms with Gasteiger partial charge in [0.2, 0.25) is 15.9 Å². The van der Waals surface area contributed by atoms with Crippen molar-refractivity contribution in [2.24, 2.45) is 5.73 Å². The van der Waals surface area contributed by atoms with Crippen LogP contribution in [-0.2, 0) is 20.4 Å². The predicted octanol–water partition coefficient (Wildman–Crippen LogP) is 2.29. The van der Waals surface area contributed by atoms with Crippen molar-refractivity contribution in [1.29, 1.82) is 0 Å². The second-order valence-corrected chi connectivity index (χ2v) is 7.28. The van der Waals surface area contributed by atoms with Gasteiger partial charge in [0.25, 0.3) is 0 Å². The van der Waals surface area contributed by atoms with E-state index in [0.29, 0.717) is 5.56 Å². The molecule has 0 saturated carbocycles. The first-order chi connectivity index (χ1) is 11.2. The fraction of sp³-hybridized carbons (Fsp3) is 0.167. The van der Waals surface area contributed by atoms with Crippen molar-refractivity contribution in [3.05, 3.63) is 76.7 Å². The van der Waals surface area contributed by atoms with Gasteiger partial charge in [0.1, 0.15) is 5.54 Å². The fourth-order valence-electron chi connectivity index (χ4n) is 2.19. The highest BCUT2D eigenvalue weighted by atomic mass is 32.2. The van der Waals surface area contributed by atoms with E-state index in [0.717, 1.165) is 16.5 Å². The molecule has 0 bridgehead atoms. The number of hydrogen-bond acceptors (Lipinski definition) is 3.